The molecule has 2 amide bonds. The number of carbonyl (C=O) groups is 2. The number of ether oxygens (including phenoxy) is 1. The van der Waals surface area contributed by atoms with E-state index in [9.17, 15) is 9.59 Å². The van der Waals surface area contributed by atoms with E-state index >= 15 is 0 Å². The normalized spacial score (nSPS) is 17.6. The Balaban J connectivity index is 1.86. The average molecular weight is 359 g/mol. The van der Waals surface area contributed by atoms with Crippen molar-refractivity contribution in [3.63, 3.8) is 0 Å². The van der Waals surface area contributed by atoms with E-state index in [-0.39, 0.29) is 11.8 Å². The van der Waals surface area contributed by atoms with Gasteiger partial charge in [0.05, 0.1) is 0 Å². The lowest BCUT2D eigenvalue weighted by atomic mass is 10.2. The van der Waals surface area contributed by atoms with E-state index in [2.05, 4.69) is 0 Å². The van der Waals surface area contributed by atoms with Gasteiger partial charge in [-0.25, -0.2) is 0 Å². The number of benzene rings is 1. The minimum absolute atomic E-state index is 0.0917. The van der Waals surface area contributed by atoms with Crippen LogP contribution in [0.25, 0.3) is 0 Å². The largest absolute Gasteiger partial charge is 0.481 e. The maximum absolute atomic E-state index is 12.4. The van der Waals surface area contributed by atoms with Crippen LogP contribution in [0.1, 0.15) is 13.8 Å². The van der Waals surface area contributed by atoms with Crippen LogP contribution in [0.4, 0.5) is 0 Å². The van der Waals surface area contributed by atoms with Crippen molar-refractivity contribution in [2.45, 2.75) is 25.3 Å². The van der Waals surface area contributed by atoms with Crippen LogP contribution in [0, 0.1) is 0 Å². The molecular formula is C16H20Cl2N2O3. The van der Waals surface area contributed by atoms with Gasteiger partial charge in [-0.15, -0.1) is 11.6 Å². The zero-order chi connectivity index (χ0) is 17.0. The second-order valence-electron chi connectivity index (χ2n) is 5.48. The van der Waals surface area contributed by atoms with E-state index in [1.54, 1.807) is 47.9 Å². The average Bonchev–Trinajstić information content (AvgIpc) is 2.55. The number of nitrogens with zero attached hydrogens (tertiary/aromatic N) is 2. The number of hydrogen-bond acceptors (Lipinski definition) is 3. The van der Waals surface area contributed by atoms with Gasteiger partial charge in [-0.2, -0.15) is 0 Å². The Morgan fingerprint density at radius 1 is 1.00 bits per heavy atom. The first-order valence-corrected chi connectivity index (χ1v) is 8.34. The molecule has 0 spiro atoms. The first-order valence-electron chi connectivity index (χ1n) is 7.52. The zero-order valence-electron chi connectivity index (χ0n) is 13.2. The summed E-state index contributed by atoms with van der Waals surface area (Å²) < 4.78 is 5.65. The standard InChI is InChI=1S/C16H20Cl2N2O3/c1-11(17)15(21)19-7-9-20(10-8-19)16(22)12(2)23-14-5-3-13(18)4-6-14/h3-6,11-12H,7-10H2,1-2H3. The lowest BCUT2D eigenvalue weighted by Gasteiger charge is -2.36. The van der Waals surface area contributed by atoms with Crippen molar-refractivity contribution in [1.82, 2.24) is 9.80 Å². The van der Waals surface area contributed by atoms with Gasteiger partial charge in [0.2, 0.25) is 5.91 Å². The third-order valence-corrected chi connectivity index (χ3v) is 4.16. The fourth-order valence-corrected chi connectivity index (χ4v) is 2.69. The summed E-state index contributed by atoms with van der Waals surface area (Å²) in [6.45, 7) is 5.34. The minimum atomic E-state index is -0.592. The molecule has 126 valence electrons. The Hall–Kier alpha value is -1.46. The highest BCUT2D eigenvalue weighted by atomic mass is 35.5. The topological polar surface area (TPSA) is 49.9 Å². The van der Waals surface area contributed by atoms with E-state index in [0.29, 0.717) is 37.0 Å². The molecule has 1 aliphatic rings. The Kier molecular flexibility index (Phi) is 6.13. The summed E-state index contributed by atoms with van der Waals surface area (Å²) >= 11 is 11.6. The number of piperazine rings is 1. The van der Waals surface area contributed by atoms with Crippen molar-refractivity contribution in [1.29, 1.82) is 0 Å². The summed E-state index contributed by atoms with van der Waals surface area (Å²) in [5.41, 5.74) is 0. The van der Waals surface area contributed by atoms with Crippen molar-refractivity contribution >= 4 is 35.0 Å². The van der Waals surface area contributed by atoms with Crippen molar-refractivity contribution in [2.24, 2.45) is 0 Å². The maximum atomic E-state index is 12.4. The fraction of sp³-hybridized carbons (Fsp3) is 0.500. The van der Waals surface area contributed by atoms with E-state index in [1.165, 1.54) is 0 Å². The number of rotatable bonds is 4. The van der Waals surface area contributed by atoms with Crippen LogP contribution in [-0.4, -0.2) is 59.3 Å². The number of amides is 2. The Morgan fingerprint density at radius 3 is 1.96 bits per heavy atom. The van der Waals surface area contributed by atoms with Gasteiger partial charge >= 0.3 is 0 Å². The maximum Gasteiger partial charge on any atom is 0.263 e. The number of alkyl halides is 1. The molecule has 2 unspecified atom stereocenters. The molecule has 0 bridgehead atoms. The highest BCUT2D eigenvalue weighted by Gasteiger charge is 2.28. The van der Waals surface area contributed by atoms with Gasteiger partial charge in [0, 0.05) is 31.2 Å². The van der Waals surface area contributed by atoms with E-state index < -0.39 is 11.5 Å². The summed E-state index contributed by atoms with van der Waals surface area (Å²) in [4.78, 5) is 27.7. The van der Waals surface area contributed by atoms with Crippen molar-refractivity contribution in [3.05, 3.63) is 29.3 Å². The third kappa shape index (κ3) is 4.75. The molecule has 7 heteroatoms. The van der Waals surface area contributed by atoms with Gasteiger partial charge in [-0.3, -0.25) is 9.59 Å². The molecule has 2 atom stereocenters. The molecule has 23 heavy (non-hydrogen) atoms. The summed E-state index contributed by atoms with van der Waals surface area (Å²) in [6.07, 6.45) is -0.592. The molecule has 0 N–H and O–H groups in total. The van der Waals surface area contributed by atoms with Crippen LogP contribution in [0.15, 0.2) is 24.3 Å². The Bertz CT molecular complexity index is 555. The molecule has 2 rings (SSSR count). The second kappa shape index (κ2) is 7.88. The van der Waals surface area contributed by atoms with Crippen LogP contribution in [0.3, 0.4) is 0 Å². The molecule has 5 nitrogen and oxygen atoms in total. The minimum Gasteiger partial charge on any atom is -0.481 e. The molecule has 0 aliphatic carbocycles. The smallest absolute Gasteiger partial charge is 0.263 e. The summed E-state index contributed by atoms with van der Waals surface area (Å²) in [6, 6.07) is 6.88. The van der Waals surface area contributed by atoms with Crippen molar-refractivity contribution < 1.29 is 14.3 Å². The SMILES string of the molecule is CC(Cl)C(=O)N1CCN(C(=O)C(C)Oc2ccc(Cl)cc2)CC1. The van der Waals surface area contributed by atoms with Gasteiger partial charge in [0.15, 0.2) is 6.10 Å². The van der Waals surface area contributed by atoms with Crippen LogP contribution in [-0.2, 0) is 9.59 Å². The van der Waals surface area contributed by atoms with E-state index in [1.807, 2.05) is 0 Å². The van der Waals surface area contributed by atoms with Gasteiger partial charge in [0.25, 0.3) is 5.91 Å². The first kappa shape index (κ1) is 17.9. The van der Waals surface area contributed by atoms with Crippen LogP contribution in [0.2, 0.25) is 5.02 Å². The highest BCUT2D eigenvalue weighted by molar-refractivity contribution is 6.30. The lowest BCUT2D eigenvalue weighted by Crippen LogP contribution is -2.54. The van der Waals surface area contributed by atoms with Gasteiger partial charge in [0.1, 0.15) is 11.1 Å². The number of hydrogen-bond donors (Lipinski definition) is 0. The molecule has 1 saturated heterocycles. The second-order valence-corrected chi connectivity index (χ2v) is 6.57. The number of halogens is 2. The van der Waals surface area contributed by atoms with Crippen LogP contribution >= 0.6 is 23.2 Å². The highest BCUT2D eigenvalue weighted by Crippen LogP contribution is 2.18. The van der Waals surface area contributed by atoms with Gasteiger partial charge in [-0.1, -0.05) is 11.6 Å². The third-order valence-electron chi connectivity index (χ3n) is 3.72. The summed E-state index contributed by atoms with van der Waals surface area (Å²) in [7, 11) is 0. The van der Waals surface area contributed by atoms with Gasteiger partial charge in [-0.05, 0) is 38.1 Å². The van der Waals surface area contributed by atoms with Crippen LogP contribution in [0.5, 0.6) is 5.75 Å². The molecule has 1 fully saturated rings. The Morgan fingerprint density at radius 2 is 1.48 bits per heavy atom. The molecular weight excluding hydrogens is 339 g/mol. The van der Waals surface area contributed by atoms with Crippen molar-refractivity contribution in [3.8, 4) is 5.75 Å². The van der Waals surface area contributed by atoms with Crippen molar-refractivity contribution in [2.75, 3.05) is 26.2 Å². The van der Waals surface area contributed by atoms with Gasteiger partial charge < -0.3 is 14.5 Å². The zero-order valence-corrected chi connectivity index (χ0v) is 14.7. The molecule has 0 saturated carbocycles. The van der Waals surface area contributed by atoms with E-state index in [0.717, 1.165) is 0 Å². The summed E-state index contributed by atoms with van der Waals surface area (Å²) in [5.74, 6) is 0.412. The molecule has 0 radical (unpaired) electrons. The lowest BCUT2D eigenvalue weighted by molar-refractivity contribution is -0.143. The fourth-order valence-electron chi connectivity index (χ4n) is 2.42. The predicted molar refractivity (Wildman–Crippen MR) is 90.0 cm³/mol. The van der Waals surface area contributed by atoms with E-state index in [4.69, 9.17) is 27.9 Å². The molecule has 1 heterocycles. The van der Waals surface area contributed by atoms with Crippen LogP contribution < -0.4 is 4.74 Å². The first-order chi connectivity index (χ1) is 10.9. The Labute approximate surface area is 146 Å². The molecule has 1 aromatic carbocycles. The number of carbonyl (C=O) groups excluding carboxylic acids is 2. The monoisotopic (exact) mass is 358 g/mol. The molecule has 1 aromatic rings. The predicted octanol–water partition coefficient (Wildman–Crippen LogP) is 2.41. The molecule has 1 aliphatic heterocycles. The molecule has 0 aromatic heterocycles. The summed E-state index contributed by atoms with van der Waals surface area (Å²) in [5, 5.41) is 0.0788. The quantitative estimate of drug-likeness (QED) is 0.776.